The van der Waals surface area contributed by atoms with Gasteiger partial charge in [0, 0.05) is 17.5 Å². The van der Waals surface area contributed by atoms with Crippen LogP contribution in [0, 0.1) is 11.8 Å². The molecule has 21 heavy (non-hydrogen) atoms. The lowest BCUT2D eigenvalue weighted by Crippen LogP contribution is -2.62. The molecule has 0 radical (unpaired) electrons. The Kier molecular flexibility index (Phi) is 3.92. The highest BCUT2D eigenvalue weighted by Crippen LogP contribution is 2.25. The molecule has 0 unspecified atom stereocenters. The summed E-state index contributed by atoms with van der Waals surface area (Å²) in [5.74, 6) is 5.24. The third-order valence-corrected chi connectivity index (χ3v) is 4.14. The third-order valence-electron chi connectivity index (χ3n) is 4.14. The van der Waals surface area contributed by atoms with Gasteiger partial charge in [-0.2, -0.15) is 0 Å². The molecule has 1 aromatic rings. The van der Waals surface area contributed by atoms with E-state index < -0.39 is 0 Å². The zero-order valence-corrected chi connectivity index (χ0v) is 11.8. The SMILES string of the molecule is O=C1CN(C(=O)C#Cc2ccccc2)[C@H]2CCCC[C@@H]2N1. The van der Waals surface area contributed by atoms with E-state index in [-0.39, 0.29) is 30.4 Å². The molecule has 108 valence electrons. The number of benzene rings is 1. The molecule has 2 amide bonds. The van der Waals surface area contributed by atoms with Crippen LogP contribution in [0.5, 0.6) is 0 Å². The summed E-state index contributed by atoms with van der Waals surface area (Å²) in [7, 11) is 0. The Balaban J connectivity index is 1.76. The number of nitrogens with zero attached hydrogens (tertiary/aromatic N) is 1. The van der Waals surface area contributed by atoms with E-state index in [1.54, 1.807) is 4.90 Å². The Labute approximate surface area is 124 Å². The molecule has 1 N–H and O–H groups in total. The largest absolute Gasteiger partial charge is 0.350 e. The molecule has 1 saturated heterocycles. The quantitative estimate of drug-likeness (QED) is 0.729. The van der Waals surface area contributed by atoms with Crippen LogP contribution in [-0.4, -0.2) is 35.3 Å². The molecular weight excluding hydrogens is 264 g/mol. The number of piperazine rings is 1. The number of hydrogen-bond donors (Lipinski definition) is 1. The van der Waals surface area contributed by atoms with Crippen molar-refractivity contribution in [2.45, 2.75) is 37.8 Å². The second-order valence-electron chi connectivity index (χ2n) is 5.57. The lowest BCUT2D eigenvalue weighted by Gasteiger charge is -2.43. The van der Waals surface area contributed by atoms with Crippen LogP contribution in [0.1, 0.15) is 31.2 Å². The van der Waals surface area contributed by atoms with Gasteiger partial charge in [-0.05, 0) is 25.0 Å². The van der Waals surface area contributed by atoms with Gasteiger partial charge in [0.15, 0.2) is 0 Å². The lowest BCUT2D eigenvalue weighted by molar-refractivity contribution is -0.140. The van der Waals surface area contributed by atoms with Crippen molar-refractivity contribution >= 4 is 11.8 Å². The molecule has 1 heterocycles. The van der Waals surface area contributed by atoms with E-state index in [0.29, 0.717) is 0 Å². The molecule has 2 fully saturated rings. The highest BCUT2D eigenvalue weighted by atomic mass is 16.2. The summed E-state index contributed by atoms with van der Waals surface area (Å²) in [5.41, 5.74) is 0.813. The van der Waals surface area contributed by atoms with Crippen LogP contribution >= 0.6 is 0 Å². The Hall–Kier alpha value is -2.28. The number of nitrogens with one attached hydrogen (secondary N) is 1. The first-order valence-electron chi connectivity index (χ1n) is 7.41. The first-order chi connectivity index (χ1) is 10.2. The molecule has 1 saturated carbocycles. The standard InChI is InChI=1S/C17H18N2O2/c20-16-12-19(15-9-5-4-8-14(15)18-16)17(21)11-10-13-6-2-1-3-7-13/h1-3,6-7,14-15H,4-5,8-9,12H2,(H,18,20)/t14-,15-/m0/s1. The average Bonchev–Trinajstić information content (AvgIpc) is 2.52. The van der Waals surface area contributed by atoms with Gasteiger partial charge in [-0.25, -0.2) is 0 Å². The molecule has 1 aromatic carbocycles. The maximum atomic E-state index is 12.3. The number of amides is 2. The smallest absolute Gasteiger partial charge is 0.299 e. The zero-order valence-electron chi connectivity index (χ0n) is 11.8. The van der Waals surface area contributed by atoms with Crippen LogP contribution in [0.4, 0.5) is 0 Å². The molecule has 0 spiro atoms. The highest BCUT2D eigenvalue weighted by Gasteiger charge is 2.38. The van der Waals surface area contributed by atoms with Crippen molar-refractivity contribution in [2.75, 3.05) is 6.54 Å². The highest BCUT2D eigenvalue weighted by molar-refractivity contribution is 5.97. The minimum absolute atomic E-state index is 0.0759. The predicted molar refractivity (Wildman–Crippen MR) is 79.2 cm³/mol. The maximum absolute atomic E-state index is 12.3. The molecule has 0 bridgehead atoms. The van der Waals surface area contributed by atoms with Crippen LogP contribution < -0.4 is 5.32 Å². The van der Waals surface area contributed by atoms with Gasteiger partial charge >= 0.3 is 0 Å². The Morgan fingerprint density at radius 3 is 2.76 bits per heavy atom. The molecule has 1 aliphatic heterocycles. The molecule has 1 aliphatic carbocycles. The van der Waals surface area contributed by atoms with Gasteiger partial charge in [-0.1, -0.05) is 37.0 Å². The Bertz CT molecular complexity index is 600. The van der Waals surface area contributed by atoms with Crippen LogP contribution in [0.3, 0.4) is 0 Å². The van der Waals surface area contributed by atoms with Crippen molar-refractivity contribution < 1.29 is 9.59 Å². The third kappa shape index (κ3) is 3.08. The van der Waals surface area contributed by atoms with Crippen molar-refractivity contribution in [1.29, 1.82) is 0 Å². The van der Waals surface area contributed by atoms with Gasteiger partial charge in [0.1, 0.15) is 6.54 Å². The van der Waals surface area contributed by atoms with E-state index in [2.05, 4.69) is 17.2 Å². The molecule has 4 heteroatoms. The van der Waals surface area contributed by atoms with Crippen molar-refractivity contribution in [3.8, 4) is 11.8 Å². The second kappa shape index (κ2) is 6.01. The fourth-order valence-electron chi connectivity index (χ4n) is 3.12. The average molecular weight is 282 g/mol. The Morgan fingerprint density at radius 2 is 1.95 bits per heavy atom. The first kappa shape index (κ1) is 13.7. The van der Waals surface area contributed by atoms with E-state index in [1.165, 1.54) is 0 Å². The van der Waals surface area contributed by atoms with Gasteiger partial charge < -0.3 is 10.2 Å². The predicted octanol–water partition coefficient (Wildman–Crippen LogP) is 1.31. The molecule has 2 atom stereocenters. The number of carbonyl (C=O) groups excluding carboxylic acids is 2. The first-order valence-corrected chi connectivity index (χ1v) is 7.41. The Morgan fingerprint density at radius 1 is 1.19 bits per heavy atom. The molecule has 4 nitrogen and oxygen atoms in total. The monoisotopic (exact) mass is 282 g/mol. The summed E-state index contributed by atoms with van der Waals surface area (Å²) in [4.78, 5) is 25.7. The van der Waals surface area contributed by atoms with E-state index in [9.17, 15) is 9.59 Å². The van der Waals surface area contributed by atoms with Crippen LogP contribution in [-0.2, 0) is 9.59 Å². The minimum atomic E-state index is -0.245. The number of carbonyl (C=O) groups is 2. The summed E-state index contributed by atoms with van der Waals surface area (Å²) in [6.45, 7) is 0.128. The molecule has 0 aromatic heterocycles. The number of rotatable bonds is 0. The van der Waals surface area contributed by atoms with E-state index in [0.717, 1.165) is 31.2 Å². The maximum Gasteiger partial charge on any atom is 0.299 e. The van der Waals surface area contributed by atoms with Crippen LogP contribution in [0.25, 0.3) is 0 Å². The van der Waals surface area contributed by atoms with Gasteiger partial charge in [0.2, 0.25) is 5.91 Å². The van der Waals surface area contributed by atoms with Gasteiger partial charge in [0.25, 0.3) is 5.91 Å². The zero-order chi connectivity index (χ0) is 14.7. The molecule has 2 aliphatic rings. The summed E-state index contributed by atoms with van der Waals surface area (Å²) in [6, 6.07) is 9.63. The van der Waals surface area contributed by atoms with Crippen molar-refractivity contribution in [3.63, 3.8) is 0 Å². The molecule has 3 rings (SSSR count). The van der Waals surface area contributed by atoms with E-state index >= 15 is 0 Å². The number of hydrogen-bond acceptors (Lipinski definition) is 2. The fraction of sp³-hybridized carbons (Fsp3) is 0.412. The van der Waals surface area contributed by atoms with Crippen molar-refractivity contribution in [2.24, 2.45) is 0 Å². The number of fused-ring (bicyclic) bond motifs is 1. The summed E-state index contributed by atoms with van der Waals surface area (Å²) in [6.07, 6.45) is 4.11. The topological polar surface area (TPSA) is 49.4 Å². The molecular formula is C17H18N2O2. The summed E-state index contributed by atoms with van der Waals surface area (Å²) >= 11 is 0. The fourth-order valence-corrected chi connectivity index (χ4v) is 3.12. The van der Waals surface area contributed by atoms with Crippen molar-refractivity contribution in [1.82, 2.24) is 10.2 Å². The van der Waals surface area contributed by atoms with Crippen LogP contribution in [0.2, 0.25) is 0 Å². The summed E-state index contributed by atoms with van der Waals surface area (Å²) in [5, 5.41) is 3.00. The van der Waals surface area contributed by atoms with Gasteiger partial charge in [0.05, 0.1) is 6.04 Å². The summed E-state index contributed by atoms with van der Waals surface area (Å²) < 4.78 is 0. The van der Waals surface area contributed by atoms with E-state index in [4.69, 9.17) is 0 Å². The lowest BCUT2D eigenvalue weighted by atomic mass is 9.87. The minimum Gasteiger partial charge on any atom is -0.350 e. The van der Waals surface area contributed by atoms with Crippen LogP contribution in [0.15, 0.2) is 30.3 Å². The van der Waals surface area contributed by atoms with Gasteiger partial charge in [-0.15, -0.1) is 0 Å². The second-order valence-corrected chi connectivity index (χ2v) is 5.57. The van der Waals surface area contributed by atoms with E-state index in [1.807, 2.05) is 30.3 Å². The normalized spacial score (nSPS) is 24.4. The van der Waals surface area contributed by atoms with Gasteiger partial charge in [-0.3, -0.25) is 9.59 Å². The van der Waals surface area contributed by atoms with Crippen molar-refractivity contribution in [3.05, 3.63) is 35.9 Å².